The van der Waals surface area contributed by atoms with Crippen molar-refractivity contribution in [2.24, 2.45) is 5.10 Å². The van der Waals surface area contributed by atoms with Gasteiger partial charge >= 0.3 is 11.8 Å². The van der Waals surface area contributed by atoms with Crippen molar-refractivity contribution in [2.45, 2.75) is 20.4 Å². The van der Waals surface area contributed by atoms with Gasteiger partial charge in [-0.1, -0.05) is 6.07 Å². The summed E-state index contributed by atoms with van der Waals surface area (Å²) in [6.07, 6.45) is 2.80. The Kier molecular flexibility index (Phi) is 9.23. The fourth-order valence-electron chi connectivity index (χ4n) is 3.21. The molecule has 3 aromatic rings. The van der Waals surface area contributed by atoms with Gasteiger partial charge in [0.05, 0.1) is 30.6 Å². The zero-order valence-electron chi connectivity index (χ0n) is 19.9. The van der Waals surface area contributed by atoms with E-state index in [0.29, 0.717) is 33.0 Å². The maximum absolute atomic E-state index is 12.4. The second kappa shape index (κ2) is 12.5. The predicted molar refractivity (Wildman–Crippen MR) is 137 cm³/mol. The molecule has 0 bridgehead atoms. The number of methoxy groups -OCH3 is 1. The van der Waals surface area contributed by atoms with Crippen molar-refractivity contribution in [3.8, 4) is 11.5 Å². The highest BCUT2D eigenvalue weighted by molar-refractivity contribution is 9.10. The summed E-state index contributed by atoms with van der Waals surface area (Å²) in [5, 5.41) is 9.02. The number of furan rings is 1. The maximum atomic E-state index is 12.4. The molecule has 3 rings (SSSR count). The lowest BCUT2D eigenvalue weighted by Crippen LogP contribution is -2.37. The number of rotatable bonds is 9. The lowest BCUT2D eigenvalue weighted by molar-refractivity contribution is -0.139. The number of hydrogen-bond donors (Lipinski definition) is 3. The number of benzene rings is 2. The largest absolute Gasteiger partial charge is 0.493 e. The van der Waals surface area contributed by atoms with Gasteiger partial charge in [0.25, 0.3) is 5.91 Å². The average Bonchev–Trinajstić information content (AvgIpc) is 3.34. The molecule has 1 heterocycles. The Balaban J connectivity index is 1.56. The summed E-state index contributed by atoms with van der Waals surface area (Å²) in [4.78, 5) is 36.1. The standard InChI is InChI=1S/C25H25BrN4O6/c1-15-7-16(2)9-18(8-15)29-22(31)14-36-23-20(26)10-17(11-21(23)34-3)12-28-30-25(33)24(32)27-13-19-5-4-6-35-19/h4-12H,13-14H2,1-3H3,(H,27,32)(H,29,31)(H,30,33)/b28-12-. The van der Waals surface area contributed by atoms with Crippen molar-refractivity contribution in [1.29, 1.82) is 0 Å². The highest BCUT2D eigenvalue weighted by atomic mass is 79.9. The van der Waals surface area contributed by atoms with E-state index in [2.05, 4.69) is 37.1 Å². The number of nitrogens with one attached hydrogen (secondary N) is 3. The number of hydrogen-bond acceptors (Lipinski definition) is 7. The van der Waals surface area contributed by atoms with Gasteiger partial charge in [0.15, 0.2) is 18.1 Å². The fourth-order valence-corrected chi connectivity index (χ4v) is 3.79. The highest BCUT2D eigenvalue weighted by Crippen LogP contribution is 2.36. The summed E-state index contributed by atoms with van der Waals surface area (Å²) in [5.74, 6) is -0.933. The fraction of sp³-hybridized carbons (Fsp3) is 0.200. The number of carbonyl (C=O) groups excluding carboxylic acids is 3. The molecule has 10 nitrogen and oxygen atoms in total. The molecule has 1 aromatic heterocycles. The van der Waals surface area contributed by atoms with Crippen LogP contribution >= 0.6 is 15.9 Å². The number of amides is 3. The van der Waals surface area contributed by atoms with Crippen LogP contribution in [-0.4, -0.2) is 37.7 Å². The van der Waals surface area contributed by atoms with Crippen LogP contribution in [0.15, 0.2) is 62.7 Å². The summed E-state index contributed by atoms with van der Waals surface area (Å²) < 4.78 is 16.6. The maximum Gasteiger partial charge on any atom is 0.329 e. The van der Waals surface area contributed by atoms with Crippen LogP contribution in [-0.2, 0) is 20.9 Å². The molecule has 11 heteroatoms. The molecular weight excluding hydrogens is 532 g/mol. The van der Waals surface area contributed by atoms with Crippen molar-refractivity contribution in [3.05, 3.63) is 75.7 Å². The van der Waals surface area contributed by atoms with Gasteiger partial charge in [-0.2, -0.15) is 5.10 Å². The SMILES string of the molecule is COc1cc(/C=N\NC(=O)C(=O)NCc2ccco2)cc(Br)c1OCC(=O)Nc1cc(C)cc(C)c1. The lowest BCUT2D eigenvalue weighted by Gasteiger charge is -2.14. The van der Waals surface area contributed by atoms with Gasteiger partial charge in [0.2, 0.25) is 0 Å². The van der Waals surface area contributed by atoms with E-state index >= 15 is 0 Å². The summed E-state index contributed by atoms with van der Waals surface area (Å²) in [5.41, 5.74) is 5.47. The topological polar surface area (TPSA) is 131 Å². The Bertz CT molecular complexity index is 1250. The van der Waals surface area contributed by atoms with E-state index in [1.807, 2.05) is 32.0 Å². The zero-order valence-corrected chi connectivity index (χ0v) is 21.5. The molecule has 0 spiro atoms. The molecule has 0 atom stereocenters. The molecule has 0 unspecified atom stereocenters. The molecular formula is C25H25BrN4O6. The van der Waals surface area contributed by atoms with E-state index in [0.717, 1.165) is 11.1 Å². The molecule has 188 valence electrons. The summed E-state index contributed by atoms with van der Waals surface area (Å²) >= 11 is 3.40. The number of ether oxygens (including phenoxy) is 2. The number of aryl methyl sites for hydroxylation is 2. The van der Waals surface area contributed by atoms with Gasteiger partial charge in [0, 0.05) is 5.69 Å². The molecule has 0 saturated carbocycles. The number of nitrogens with zero attached hydrogens (tertiary/aromatic N) is 1. The van der Waals surface area contributed by atoms with E-state index in [4.69, 9.17) is 13.9 Å². The Morgan fingerprint density at radius 3 is 2.50 bits per heavy atom. The number of anilines is 1. The minimum atomic E-state index is -0.932. The average molecular weight is 557 g/mol. The Morgan fingerprint density at radius 2 is 1.83 bits per heavy atom. The molecule has 0 radical (unpaired) electrons. The van der Waals surface area contributed by atoms with Crippen LogP contribution < -0.4 is 25.5 Å². The molecule has 3 N–H and O–H groups in total. The molecule has 3 amide bonds. The number of hydrazone groups is 1. The summed E-state index contributed by atoms with van der Waals surface area (Å²) in [7, 11) is 1.45. The second-order valence-corrected chi connectivity index (χ2v) is 8.56. The van der Waals surface area contributed by atoms with Crippen molar-refractivity contribution in [3.63, 3.8) is 0 Å². The van der Waals surface area contributed by atoms with Crippen LogP contribution in [0, 0.1) is 13.8 Å². The first-order valence-corrected chi connectivity index (χ1v) is 11.6. The van der Waals surface area contributed by atoms with E-state index in [1.54, 1.807) is 24.3 Å². The summed E-state index contributed by atoms with van der Waals surface area (Å²) in [6, 6.07) is 12.4. The van der Waals surface area contributed by atoms with Crippen LogP contribution in [0.3, 0.4) is 0 Å². The van der Waals surface area contributed by atoms with Gasteiger partial charge in [-0.25, -0.2) is 5.43 Å². The second-order valence-electron chi connectivity index (χ2n) is 7.71. The number of carbonyl (C=O) groups is 3. The third-order valence-electron chi connectivity index (χ3n) is 4.69. The smallest absolute Gasteiger partial charge is 0.329 e. The molecule has 0 aliphatic carbocycles. The molecule has 0 saturated heterocycles. The zero-order chi connectivity index (χ0) is 26.1. The molecule has 2 aromatic carbocycles. The minimum Gasteiger partial charge on any atom is -0.493 e. The van der Waals surface area contributed by atoms with Crippen molar-refractivity contribution in [2.75, 3.05) is 19.0 Å². The van der Waals surface area contributed by atoms with Gasteiger partial charge in [-0.05, 0) is 82.9 Å². The molecule has 0 fully saturated rings. The predicted octanol–water partition coefficient (Wildman–Crippen LogP) is 3.45. The van der Waals surface area contributed by atoms with Gasteiger partial charge in [-0.15, -0.1) is 0 Å². The monoisotopic (exact) mass is 556 g/mol. The summed E-state index contributed by atoms with van der Waals surface area (Å²) in [6.45, 7) is 3.75. The Hall–Kier alpha value is -4.12. The lowest BCUT2D eigenvalue weighted by atomic mass is 10.1. The quantitative estimate of drug-likeness (QED) is 0.210. The van der Waals surface area contributed by atoms with E-state index in [9.17, 15) is 14.4 Å². The van der Waals surface area contributed by atoms with Gasteiger partial charge in [-0.3, -0.25) is 14.4 Å². The highest BCUT2D eigenvalue weighted by Gasteiger charge is 2.15. The first kappa shape index (κ1) is 26.5. The van der Waals surface area contributed by atoms with Gasteiger partial charge < -0.3 is 24.5 Å². The Morgan fingerprint density at radius 1 is 1.08 bits per heavy atom. The first-order valence-electron chi connectivity index (χ1n) is 10.8. The van der Waals surface area contributed by atoms with Crippen molar-refractivity contribution >= 4 is 45.6 Å². The Labute approximate surface area is 216 Å². The van der Waals surface area contributed by atoms with Crippen LogP contribution in [0.25, 0.3) is 0 Å². The van der Waals surface area contributed by atoms with Crippen molar-refractivity contribution in [1.82, 2.24) is 10.7 Å². The molecule has 36 heavy (non-hydrogen) atoms. The van der Waals surface area contributed by atoms with Crippen LogP contribution in [0.1, 0.15) is 22.5 Å². The van der Waals surface area contributed by atoms with Gasteiger partial charge in [0.1, 0.15) is 5.76 Å². The minimum absolute atomic E-state index is 0.0806. The molecule has 0 aliphatic heterocycles. The van der Waals surface area contributed by atoms with E-state index < -0.39 is 11.8 Å². The van der Waals surface area contributed by atoms with Crippen molar-refractivity contribution < 1.29 is 28.3 Å². The van der Waals surface area contributed by atoms with Crippen LogP contribution in [0.4, 0.5) is 5.69 Å². The van der Waals surface area contributed by atoms with E-state index in [-0.39, 0.29) is 19.1 Å². The normalized spacial score (nSPS) is 10.7. The third kappa shape index (κ3) is 7.70. The van der Waals surface area contributed by atoms with Crippen LogP contribution in [0.2, 0.25) is 0 Å². The van der Waals surface area contributed by atoms with Crippen LogP contribution in [0.5, 0.6) is 11.5 Å². The van der Waals surface area contributed by atoms with E-state index in [1.165, 1.54) is 19.6 Å². The third-order valence-corrected chi connectivity index (χ3v) is 5.28. The molecule has 0 aliphatic rings. The first-order chi connectivity index (χ1) is 17.2. The number of halogens is 1.